The van der Waals surface area contributed by atoms with Crippen molar-refractivity contribution in [1.82, 2.24) is 10.6 Å². The molecule has 5 heteroatoms. The Labute approximate surface area is 124 Å². The molecular weight excluding hydrogens is 268 g/mol. The number of rotatable bonds is 5. The molecule has 2 N–H and O–H groups in total. The first-order valence-corrected chi connectivity index (χ1v) is 6.89. The second-order valence-electron chi connectivity index (χ2n) is 5.19. The summed E-state index contributed by atoms with van der Waals surface area (Å²) >= 11 is 0. The molecule has 0 bridgehead atoms. The molecule has 0 heterocycles. The molecule has 0 aliphatic heterocycles. The summed E-state index contributed by atoms with van der Waals surface area (Å²) in [5.74, 6) is -1.30. The fourth-order valence-corrected chi connectivity index (χ4v) is 2.57. The summed E-state index contributed by atoms with van der Waals surface area (Å²) in [6.07, 6.45) is 2.98. The predicted octanol–water partition coefficient (Wildman–Crippen LogP) is 0.589. The summed E-state index contributed by atoms with van der Waals surface area (Å²) in [5.41, 5.74) is 1.98. The smallest absolute Gasteiger partial charge is 0.309 e. The Morgan fingerprint density at radius 1 is 1.24 bits per heavy atom. The van der Waals surface area contributed by atoms with E-state index in [0.29, 0.717) is 6.54 Å². The maximum Gasteiger partial charge on any atom is 0.309 e. The summed E-state index contributed by atoms with van der Waals surface area (Å²) in [4.78, 5) is 23.2. The Bertz CT molecular complexity index is 529. The number of benzene rings is 1. The average molecular weight is 288 g/mol. The third-order valence-corrected chi connectivity index (χ3v) is 3.76. The fourth-order valence-electron chi connectivity index (χ4n) is 2.57. The maximum atomic E-state index is 11.7. The molecule has 0 spiro atoms. The molecule has 1 aromatic rings. The zero-order valence-electron chi connectivity index (χ0n) is 12.1. The minimum atomic E-state index is -0.656. The van der Waals surface area contributed by atoms with Gasteiger partial charge in [0.05, 0.1) is 5.60 Å². The summed E-state index contributed by atoms with van der Waals surface area (Å²) in [6, 6.07) is 8.11. The van der Waals surface area contributed by atoms with Crippen LogP contribution in [-0.4, -0.2) is 37.6 Å². The van der Waals surface area contributed by atoms with E-state index in [1.54, 1.807) is 7.11 Å². The highest BCUT2D eigenvalue weighted by molar-refractivity contribution is 6.35. The summed E-state index contributed by atoms with van der Waals surface area (Å²) < 4.78 is 5.63. The van der Waals surface area contributed by atoms with Crippen LogP contribution in [0.3, 0.4) is 0 Å². The first-order chi connectivity index (χ1) is 10.1. The summed E-state index contributed by atoms with van der Waals surface area (Å²) in [7, 11) is 1.63. The third kappa shape index (κ3) is 3.49. The molecule has 0 fully saturated rings. The van der Waals surface area contributed by atoms with Crippen LogP contribution in [0.5, 0.6) is 0 Å². The maximum absolute atomic E-state index is 11.7. The molecule has 0 saturated carbocycles. The second-order valence-corrected chi connectivity index (χ2v) is 5.19. The summed E-state index contributed by atoms with van der Waals surface area (Å²) in [6.45, 7) is 4.06. The molecule has 1 aromatic carbocycles. The number of carbonyl (C=O) groups is 2. The first-order valence-electron chi connectivity index (χ1n) is 6.89. The van der Waals surface area contributed by atoms with Crippen LogP contribution < -0.4 is 10.6 Å². The molecule has 0 unspecified atom stereocenters. The third-order valence-electron chi connectivity index (χ3n) is 3.76. The van der Waals surface area contributed by atoms with E-state index < -0.39 is 17.4 Å². The average Bonchev–Trinajstić information content (AvgIpc) is 2.89. The lowest BCUT2D eigenvalue weighted by Crippen LogP contribution is -2.49. The first kappa shape index (κ1) is 15.3. The summed E-state index contributed by atoms with van der Waals surface area (Å²) in [5, 5.41) is 5.09. The number of carbonyl (C=O) groups excluding carboxylic acids is 2. The number of hydrogen-bond donors (Lipinski definition) is 2. The monoisotopic (exact) mass is 288 g/mol. The highest BCUT2D eigenvalue weighted by Crippen LogP contribution is 2.31. The van der Waals surface area contributed by atoms with Crippen molar-refractivity contribution in [3.8, 4) is 0 Å². The molecule has 2 amide bonds. The predicted molar refractivity (Wildman–Crippen MR) is 79.8 cm³/mol. The van der Waals surface area contributed by atoms with Gasteiger partial charge in [0.2, 0.25) is 0 Å². The molecule has 112 valence electrons. The van der Waals surface area contributed by atoms with Gasteiger partial charge in [0, 0.05) is 33.0 Å². The van der Waals surface area contributed by atoms with E-state index in [2.05, 4.69) is 29.3 Å². The Morgan fingerprint density at radius 3 is 2.33 bits per heavy atom. The fraction of sp³-hybridized carbons (Fsp3) is 0.375. The molecule has 0 aromatic heterocycles. The van der Waals surface area contributed by atoms with Crippen LogP contribution in [0.15, 0.2) is 36.9 Å². The van der Waals surface area contributed by atoms with Crippen LogP contribution >= 0.6 is 0 Å². The van der Waals surface area contributed by atoms with Crippen LogP contribution in [0.2, 0.25) is 0 Å². The zero-order valence-corrected chi connectivity index (χ0v) is 12.1. The van der Waals surface area contributed by atoms with Crippen molar-refractivity contribution in [1.29, 1.82) is 0 Å². The zero-order chi connectivity index (χ0) is 15.3. The van der Waals surface area contributed by atoms with Crippen LogP contribution in [0, 0.1) is 0 Å². The number of methoxy groups -OCH3 is 1. The molecule has 0 radical (unpaired) electrons. The van der Waals surface area contributed by atoms with Crippen molar-refractivity contribution in [2.75, 3.05) is 20.2 Å². The van der Waals surface area contributed by atoms with Crippen molar-refractivity contribution in [3.05, 3.63) is 48.0 Å². The normalized spacial score (nSPS) is 15.1. The van der Waals surface area contributed by atoms with E-state index in [0.717, 1.165) is 12.8 Å². The van der Waals surface area contributed by atoms with Gasteiger partial charge in [-0.1, -0.05) is 30.3 Å². The Kier molecular flexibility index (Phi) is 4.75. The van der Waals surface area contributed by atoms with E-state index in [-0.39, 0.29) is 6.54 Å². The standard InChI is InChI=1S/C16H20N2O3/c1-3-8-17-14(19)15(20)18-11-16(21-2)9-12-6-4-5-7-13(12)10-16/h3-7H,1,8-11H2,2H3,(H,17,19)(H,18,20). The van der Waals surface area contributed by atoms with Gasteiger partial charge < -0.3 is 15.4 Å². The molecule has 1 aliphatic carbocycles. The van der Waals surface area contributed by atoms with Gasteiger partial charge in [-0.25, -0.2) is 0 Å². The van der Waals surface area contributed by atoms with Crippen molar-refractivity contribution in [2.24, 2.45) is 0 Å². The van der Waals surface area contributed by atoms with E-state index in [4.69, 9.17) is 4.74 Å². The van der Waals surface area contributed by atoms with Gasteiger partial charge in [0.25, 0.3) is 0 Å². The van der Waals surface area contributed by atoms with E-state index in [1.165, 1.54) is 17.2 Å². The Hall–Kier alpha value is -2.14. The Morgan fingerprint density at radius 2 is 1.81 bits per heavy atom. The van der Waals surface area contributed by atoms with Crippen LogP contribution in [0.25, 0.3) is 0 Å². The Balaban J connectivity index is 1.94. The number of fused-ring (bicyclic) bond motifs is 1. The minimum absolute atomic E-state index is 0.271. The lowest BCUT2D eigenvalue weighted by molar-refractivity contribution is -0.139. The number of ether oxygens (including phenoxy) is 1. The molecule has 2 rings (SSSR count). The van der Waals surface area contributed by atoms with Crippen molar-refractivity contribution in [3.63, 3.8) is 0 Å². The van der Waals surface area contributed by atoms with Gasteiger partial charge in [0.15, 0.2) is 0 Å². The van der Waals surface area contributed by atoms with Crippen LogP contribution in [0.1, 0.15) is 11.1 Å². The SMILES string of the molecule is C=CCNC(=O)C(=O)NCC1(OC)Cc2ccccc2C1. The lowest BCUT2D eigenvalue weighted by atomic mass is 10.00. The van der Waals surface area contributed by atoms with Gasteiger partial charge in [-0.05, 0) is 11.1 Å². The largest absolute Gasteiger partial charge is 0.376 e. The molecule has 0 saturated heterocycles. The van der Waals surface area contributed by atoms with Gasteiger partial charge in [-0.3, -0.25) is 9.59 Å². The molecular formula is C16H20N2O3. The molecule has 1 aliphatic rings. The molecule has 21 heavy (non-hydrogen) atoms. The van der Waals surface area contributed by atoms with Gasteiger partial charge in [-0.2, -0.15) is 0 Å². The van der Waals surface area contributed by atoms with Crippen LogP contribution in [-0.2, 0) is 27.2 Å². The topological polar surface area (TPSA) is 67.4 Å². The number of amides is 2. The van der Waals surface area contributed by atoms with Gasteiger partial charge in [0.1, 0.15) is 0 Å². The van der Waals surface area contributed by atoms with E-state index >= 15 is 0 Å². The van der Waals surface area contributed by atoms with E-state index in [1.807, 2.05) is 12.1 Å². The van der Waals surface area contributed by atoms with Crippen molar-refractivity contribution in [2.45, 2.75) is 18.4 Å². The number of hydrogen-bond acceptors (Lipinski definition) is 3. The highest BCUT2D eigenvalue weighted by atomic mass is 16.5. The lowest BCUT2D eigenvalue weighted by Gasteiger charge is -2.27. The molecule has 5 nitrogen and oxygen atoms in total. The number of nitrogens with one attached hydrogen (secondary N) is 2. The van der Waals surface area contributed by atoms with Crippen LogP contribution in [0.4, 0.5) is 0 Å². The van der Waals surface area contributed by atoms with Gasteiger partial charge >= 0.3 is 11.8 Å². The van der Waals surface area contributed by atoms with Gasteiger partial charge in [-0.15, -0.1) is 6.58 Å². The van der Waals surface area contributed by atoms with E-state index in [9.17, 15) is 9.59 Å². The van der Waals surface area contributed by atoms with Crippen molar-refractivity contribution < 1.29 is 14.3 Å². The second kappa shape index (κ2) is 6.54. The van der Waals surface area contributed by atoms with Crippen molar-refractivity contribution >= 4 is 11.8 Å². The molecule has 0 atom stereocenters. The highest BCUT2D eigenvalue weighted by Gasteiger charge is 2.37. The quantitative estimate of drug-likeness (QED) is 0.615. The minimum Gasteiger partial charge on any atom is -0.376 e.